The molecule has 0 spiro atoms. The molecule has 4 rings (SSSR count). The van der Waals surface area contributed by atoms with E-state index in [-0.39, 0.29) is 17.9 Å². The first-order valence-corrected chi connectivity index (χ1v) is 11.1. The fourth-order valence-electron chi connectivity index (χ4n) is 3.85. The number of carbonyl (C=O) groups is 1. The summed E-state index contributed by atoms with van der Waals surface area (Å²) >= 11 is 0. The minimum absolute atomic E-state index is 0.162. The zero-order valence-electron chi connectivity index (χ0n) is 19.0. The van der Waals surface area contributed by atoms with Crippen LogP contribution in [0.4, 0.5) is 5.69 Å². The smallest absolute Gasteiger partial charge is 0.279 e. The number of rotatable bonds is 8. The molecule has 0 saturated heterocycles. The molecule has 0 atom stereocenters. The summed E-state index contributed by atoms with van der Waals surface area (Å²) in [6.45, 7) is 7.03. The highest BCUT2D eigenvalue weighted by molar-refractivity contribution is 5.90. The third kappa shape index (κ3) is 4.64. The van der Waals surface area contributed by atoms with Gasteiger partial charge in [-0.2, -0.15) is 9.50 Å². The van der Waals surface area contributed by atoms with Gasteiger partial charge in [-0.15, -0.1) is 5.10 Å². The predicted octanol–water partition coefficient (Wildman–Crippen LogP) is 3.86. The van der Waals surface area contributed by atoms with Gasteiger partial charge in [0.25, 0.3) is 5.56 Å². The second-order valence-corrected chi connectivity index (χ2v) is 7.63. The van der Waals surface area contributed by atoms with Crippen LogP contribution >= 0.6 is 0 Å². The molecule has 8 nitrogen and oxygen atoms in total. The summed E-state index contributed by atoms with van der Waals surface area (Å²) in [5.41, 5.74) is 2.66. The monoisotopic (exact) mass is 445 g/mol. The molecule has 0 radical (unpaired) electrons. The summed E-state index contributed by atoms with van der Waals surface area (Å²) in [6, 6.07) is 16.8. The Hall–Kier alpha value is -3.94. The van der Waals surface area contributed by atoms with Crippen molar-refractivity contribution in [1.29, 1.82) is 0 Å². The molecule has 0 fully saturated rings. The Morgan fingerprint density at radius 3 is 2.45 bits per heavy atom. The average molecular weight is 446 g/mol. The van der Waals surface area contributed by atoms with Crippen LogP contribution < -0.4 is 15.6 Å². The molecule has 8 heteroatoms. The highest BCUT2D eigenvalue weighted by atomic mass is 16.5. The van der Waals surface area contributed by atoms with Gasteiger partial charge in [-0.05, 0) is 51.5 Å². The Balaban J connectivity index is 1.57. The van der Waals surface area contributed by atoms with Gasteiger partial charge in [0, 0.05) is 35.5 Å². The Morgan fingerprint density at radius 2 is 1.79 bits per heavy atom. The summed E-state index contributed by atoms with van der Waals surface area (Å²) in [5, 5.41) is 7.34. The maximum atomic E-state index is 13.2. The van der Waals surface area contributed by atoms with Gasteiger partial charge in [-0.3, -0.25) is 9.59 Å². The lowest BCUT2D eigenvalue weighted by Crippen LogP contribution is -2.27. The lowest BCUT2D eigenvalue weighted by molar-refractivity contribution is -0.116. The fourth-order valence-corrected chi connectivity index (χ4v) is 3.85. The van der Waals surface area contributed by atoms with Gasteiger partial charge < -0.3 is 14.6 Å². The number of nitrogens with one attached hydrogen (secondary N) is 1. The van der Waals surface area contributed by atoms with Crippen LogP contribution in [0.3, 0.4) is 0 Å². The second-order valence-electron chi connectivity index (χ2n) is 7.63. The number of benzene rings is 2. The fraction of sp³-hybridized carbons (Fsp3) is 0.280. The molecule has 33 heavy (non-hydrogen) atoms. The Morgan fingerprint density at radius 1 is 1.06 bits per heavy atom. The number of aryl methyl sites for hydroxylation is 1. The molecule has 0 saturated carbocycles. The number of hydrogen-bond acceptors (Lipinski definition) is 5. The lowest BCUT2D eigenvalue weighted by atomic mass is 10.1. The minimum atomic E-state index is -0.240. The van der Waals surface area contributed by atoms with E-state index in [1.807, 2.05) is 67.8 Å². The van der Waals surface area contributed by atoms with Crippen LogP contribution in [0.2, 0.25) is 0 Å². The highest BCUT2D eigenvalue weighted by Gasteiger charge is 2.18. The highest BCUT2D eigenvalue weighted by Crippen LogP contribution is 2.18. The number of aromatic nitrogens is 4. The lowest BCUT2D eigenvalue weighted by Gasteiger charge is -2.13. The molecule has 0 bridgehead atoms. The topological polar surface area (TPSA) is 90.5 Å². The molecule has 1 N–H and O–H groups in total. The van der Waals surface area contributed by atoms with Crippen molar-refractivity contribution in [3.63, 3.8) is 0 Å². The Bertz CT molecular complexity index is 1320. The van der Waals surface area contributed by atoms with E-state index in [2.05, 4.69) is 15.4 Å². The van der Waals surface area contributed by atoms with Crippen molar-refractivity contribution in [2.75, 3.05) is 11.9 Å². The van der Waals surface area contributed by atoms with Gasteiger partial charge in [0.05, 0.1) is 6.61 Å². The molecule has 0 unspecified atom stereocenters. The molecule has 2 heterocycles. The molecular formula is C25H27N5O3. The van der Waals surface area contributed by atoms with Crippen molar-refractivity contribution < 1.29 is 9.53 Å². The van der Waals surface area contributed by atoms with Crippen LogP contribution in [0.25, 0.3) is 17.2 Å². The number of fused-ring (bicyclic) bond motifs is 1. The zero-order chi connectivity index (χ0) is 23.4. The van der Waals surface area contributed by atoms with Gasteiger partial charge in [0.1, 0.15) is 5.75 Å². The first-order chi connectivity index (χ1) is 16.0. The van der Waals surface area contributed by atoms with E-state index in [9.17, 15) is 9.59 Å². The number of nitrogens with zero attached hydrogens (tertiary/aromatic N) is 4. The van der Waals surface area contributed by atoms with Crippen LogP contribution in [-0.4, -0.2) is 31.7 Å². The number of ether oxygens (including phenoxy) is 1. The quantitative estimate of drug-likeness (QED) is 0.445. The van der Waals surface area contributed by atoms with Crippen molar-refractivity contribution >= 4 is 17.4 Å². The third-order valence-corrected chi connectivity index (χ3v) is 5.52. The molecule has 0 aliphatic heterocycles. The van der Waals surface area contributed by atoms with E-state index in [0.29, 0.717) is 42.4 Å². The van der Waals surface area contributed by atoms with Crippen molar-refractivity contribution in [3.8, 4) is 17.1 Å². The molecule has 4 aromatic rings. The van der Waals surface area contributed by atoms with E-state index in [0.717, 1.165) is 17.0 Å². The normalized spacial score (nSPS) is 11.0. The van der Waals surface area contributed by atoms with Crippen LogP contribution in [-0.2, 0) is 17.8 Å². The predicted molar refractivity (Wildman–Crippen MR) is 128 cm³/mol. The summed E-state index contributed by atoms with van der Waals surface area (Å²) in [5.74, 6) is 1.59. The number of amides is 1. The van der Waals surface area contributed by atoms with E-state index >= 15 is 0 Å². The molecular weight excluding hydrogens is 418 g/mol. The van der Waals surface area contributed by atoms with E-state index in [1.165, 1.54) is 4.52 Å². The average Bonchev–Trinajstić information content (AvgIpc) is 3.27. The zero-order valence-corrected chi connectivity index (χ0v) is 19.0. The minimum Gasteiger partial charge on any atom is -0.494 e. The molecule has 170 valence electrons. The number of anilines is 1. The van der Waals surface area contributed by atoms with Crippen molar-refractivity contribution in [3.05, 3.63) is 76.2 Å². The van der Waals surface area contributed by atoms with Crippen LogP contribution in [0.1, 0.15) is 31.5 Å². The molecule has 0 aliphatic carbocycles. The van der Waals surface area contributed by atoms with Crippen LogP contribution in [0, 0.1) is 6.92 Å². The first-order valence-electron chi connectivity index (χ1n) is 11.1. The maximum Gasteiger partial charge on any atom is 0.279 e. The summed E-state index contributed by atoms with van der Waals surface area (Å²) in [6.07, 6.45) is 0.489. The van der Waals surface area contributed by atoms with Gasteiger partial charge in [0.2, 0.25) is 11.7 Å². The van der Waals surface area contributed by atoms with E-state index < -0.39 is 0 Å². The van der Waals surface area contributed by atoms with Gasteiger partial charge >= 0.3 is 0 Å². The standard InChI is InChI=1S/C25H27N5O3/c1-4-29-17(3)21(15-16-22(31)26-19-11-13-20(14-12-19)33-5-2)24(32)30-25(29)27-23(28-30)18-9-7-6-8-10-18/h6-14H,4-5,15-16H2,1-3H3,(H,26,31). The maximum absolute atomic E-state index is 13.2. The molecule has 2 aromatic carbocycles. The second kappa shape index (κ2) is 9.68. The third-order valence-electron chi connectivity index (χ3n) is 5.52. The molecule has 1 amide bonds. The van der Waals surface area contributed by atoms with E-state index in [1.54, 1.807) is 12.1 Å². The van der Waals surface area contributed by atoms with Crippen molar-refractivity contribution in [2.45, 2.75) is 40.2 Å². The van der Waals surface area contributed by atoms with Gasteiger partial charge in [-0.25, -0.2) is 0 Å². The van der Waals surface area contributed by atoms with Crippen molar-refractivity contribution in [1.82, 2.24) is 19.2 Å². The van der Waals surface area contributed by atoms with Gasteiger partial charge in [0.15, 0.2) is 5.82 Å². The van der Waals surface area contributed by atoms with Crippen LogP contribution in [0.15, 0.2) is 59.4 Å². The largest absolute Gasteiger partial charge is 0.494 e. The Labute approximate surface area is 191 Å². The molecule has 2 aromatic heterocycles. The summed E-state index contributed by atoms with van der Waals surface area (Å²) in [4.78, 5) is 30.4. The van der Waals surface area contributed by atoms with E-state index in [4.69, 9.17) is 4.74 Å². The SMILES string of the molecule is CCOc1ccc(NC(=O)CCc2c(C)n(CC)c3nc(-c4ccccc4)nn3c2=O)cc1. The molecule has 0 aliphatic rings. The number of carbonyl (C=O) groups excluding carboxylic acids is 1. The Kier molecular flexibility index (Phi) is 6.53. The van der Waals surface area contributed by atoms with Gasteiger partial charge in [-0.1, -0.05) is 30.3 Å². The first kappa shape index (κ1) is 22.3. The van der Waals surface area contributed by atoms with Crippen molar-refractivity contribution in [2.24, 2.45) is 0 Å². The summed E-state index contributed by atoms with van der Waals surface area (Å²) < 4.78 is 8.73. The van der Waals surface area contributed by atoms with Crippen LogP contribution in [0.5, 0.6) is 5.75 Å². The number of hydrogen-bond donors (Lipinski definition) is 1. The summed E-state index contributed by atoms with van der Waals surface area (Å²) in [7, 11) is 0.